The molecule has 17 heavy (non-hydrogen) atoms. The number of alkyl halides is 1. The van der Waals surface area contributed by atoms with Gasteiger partial charge in [0.1, 0.15) is 6.67 Å². The molecule has 1 aromatic heterocycles. The molecule has 5 heteroatoms. The highest BCUT2D eigenvalue weighted by molar-refractivity contribution is 5.21. The maximum Gasteiger partial charge on any atom is 0.212 e. The Labute approximate surface area is 101 Å². The molecule has 2 rings (SSSR count). The Balaban J connectivity index is 2.10. The van der Waals surface area contributed by atoms with Crippen LogP contribution in [0.4, 0.5) is 4.39 Å². The highest BCUT2D eigenvalue weighted by atomic mass is 19.1. The van der Waals surface area contributed by atoms with Gasteiger partial charge in [-0.25, -0.2) is 9.37 Å². The van der Waals surface area contributed by atoms with Gasteiger partial charge in [-0.15, -0.1) is 0 Å². The number of aromatic nitrogens is 1. The van der Waals surface area contributed by atoms with Crippen LogP contribution in [0.25, 0.3) is 0 Å². The molecule has 2 heterocycles. The summed E-state index contributed by atoms with van der Waals surface area (Å²) in [5.41, 5.74) is 0.912. The van der Waals surface area contributed by atoms with E-state index in [1.54, 1.807) is 19.4 Å². The molecule has 0 saturated carbocycles. The third-order valence-corrected chi connectivity index (χ3v) is 3.09. The van der Waals surface area contributed by atoms with Crippen molar-refractivity contribution < 1.29 is 9.13 Å². The van der Waals surface area contributed by atoms with Crippen molar-refractivity contribution in [3.63, 3.8) is 0 Å². The third kappa shape index (κ3) is 2.92. The van der Waals surface area contributed by atoms with Crippen LogP contribution >= 0.6 is 0 Å². The molecule has 0 spiro atoms. The smallest absolute Gasteiger partial charge is 0.212 e. The summed E-state index contributed by atoms with van der Waals surface area (Å²) in [4.78, 5) is 6.28. The van der Waals surface area contributed by atoms with Gasteiger partial charge in [0, 0.05) is 38.4 Å². The van der Waals surface area contributed by atoms with Crippen LogP contribution in [-0.2, 0) is 0 Å². The molecule has 4 nitrogen and oxygen atoms in total. The van der Waals surface area contributed by atoms with Crippen LogP contribution in [0.3, 0.4) is 0 Å². The molecule has 1 aliphatic heterocycles. The fourth-order valence-corrected chi connectivity index (χ4v) is 2.10. The van der Waals surface area contributed by atoms with Crippen molar-refractivity contribution in [2.45, 2.75) is 6.04 Å². The molecule has 0 amide bonds. The summed E-state index contributed by atoms with van der Waals surface area (Å²) in [5.74, 6) is 0.562. The van der Waals surface area contributed by atoms with E-state index >= 15 is 0 Å². The Bertz CT molecular complexity index is 338. The van der Waals surface area contributed by atoms with E-state index in [0.717, 1.165) is 31.7 Å². The van der Waals surface area contributed by atoms with Gasteiger partial charge in [-0.1, -0.05) is 6.07 Å². The van der Waals surface area contributed by atoms with E-state index in [4.69, 9.17) is 4.74 Å². The fraction of sp³-hybridized carbons (Fsp3) is 0.583. The molecule has 94 valence electrons. The molecule has 1 aliphatic rings. The highest BCUT2D eigenvalue weighted by Crippen LogP contribution is 2.22. The standard InChI is InChI=1S/C12H18FN3O/c1-17-12-3-2-10(9-15-12)11(8-13)16-6-4-14-5-7-16/h2-3,9,11,14H,4-8H2,1H3/t11-/m1/s1. The minimum absolute atomic E-state index is 0.185. The highest BCUT2D eigenvalue weighted by Gasteiger charge is 2.22. The van der Waals surface area contributed by atoms with Gasteiger partial charge in [0.15, 0.2) is 0 Å². The summed E-state index contributed by atoms with van der Waals surface area (Å²) < 4.78 is 18.2. The molecule has 1 aromatic rings. The first-order chi connectivity index (χ1) is 8.35. The van der Waals surface area contributed by atoms with Gasteiger partial charge in [-0.3, -0.25) is 4.90 Å². The quantitative estimate of drug-likeness (QED) is 0.851. The van der Waals surface area contributed by atoms with Crippen molar-refractivity contribution in [1.82, 2.24) is 15.2 Å². The molecular formula is C12H18FN3O. The average Bonchev–Trinajstić information content (AvgIpc) is 2.42. The van der Waals surface area contributed by atoms with Crippen LogP contribution in [-0.4, -0.2) is 49.8 Å². The van der Waals surface area contributed by atoms with Crippen molar-refractivity contribution in [3.05, 3.63) is 23.9 Å². The predicted molar refractivity (Wildman–Crippen MR) is 63.9 cm³/mol. The summed E-state index contributed by atoms with van der Waals surface area (Å²) in [6, 6.07) is 3.48. The monoisotopic (exact) mass is 239 g/mol. The number of ether oxygens (including phenoxy) is 1. The van der Waals surface area contributed by atoms with Gasteiger partial charge in [-0.2, -0.15) is 0 Å². The number of rotatable bonds is 4. The number of methoxy groups -OCH3 is 1. The van der Waals surface area contributed by atoms with Gasteiger partial charge in [0.2, 0.25) is 5.88 Å². The third-order valence-electron chi connectivity index (χ3n) is 3.09. The van der Waals surface area contributed by atoms with Gasteiger partial charge in [-0.05, 0) is 5.56 Å². The minimum Gasteiger partial charge on any atom is -0.481 e. The zero-order valence-electron chi connectivity index (χ0n) is 10.0. The fourth-order valence-electron chi connectivity index (χ4n) is 2.10. The molecule has 0 unspecified atom stereocenters. The number of piperazine rings is 1. The van der Waals surface area contributed by atoms with Gasteiger partial charge < -0.3 is 10.1 Å². The number of nitrogens with one attached hydrogen (secondary N) is 1. The largest absolute Gasteiger partial charge is 0.481 e. The first kappa shape index (κ1) is 12.3. The lowest BCUT2D eigenvalue weighted by molar-refractivity contribution is 0.147. The van der Waals surface area contributed by atoms with Crippen LogP contribution in [0.15, 0.2) is 18.3 Å². The van der Waals surface area contributed by atoms with Crippen LogP contribution in [0.5, 0.6) is 5.88 Å². The molecule has 0 bridgehead atoms. The molecule has 0 radical (unpaired) electrons. The lowest BCUT2D eigenvalue weighted by Crippen LogP contribution is -2.45. The van der Waals surface area contributed by atoms with Crippen LogP contribution < -0.4 is 10.1 Å². The maximum atomic E-state index is 13.2. The van der Waals surface area contributed by atoms with Crippen molar-refractivity contribution in [2.24, 2.45) is 0 Å². The molecule has 1 N–H and O–H groups in total. The van der Waals surface area contributed by atoms with E-state index in [1.807, 2.05) is 6.07 Å². The van der Waals surface area contributed by atoms with Crippen LogP contribution in [0.1, 0.15) is 11.6 Å². The number of hydrogen-bond acceptors (Lipinski definition) is 4. The lowest BCUT2D eigenvalue weighted by atomic mass is 10.1. The van der Waals surface area contributed by atoms with Crippen molar-refractivity contribution in [1.29, 1.82) is 0 Å². The van der Waals surface area contributed by atoms with E-state index in [9.17, 15) is 4.39 Å². The first-order valence-electron chi connectivity index (χ1n) is 5.86. The Morgan fingerprint density at radius 1 is 1.47 bits per heavy atom. The van der Waals surface area contributed by atoms with E-state index in [2.05, 4.69) is 15.2 Å². The zero-order valence-corrected chi connectivity index (χ0v) is 10.0. The SMILES string of the molecule is COc1ccc([C@@H](CF)N2CCNCC2)cn1. The van der Waals surface area contributed by atoms with Crippen molar-refractivity contribution in [2.75, 3.05) is 40.0 Å². The minimum atomic E-state index is -0.381. The zero-order chi connectivity index (χ0) is 12.1. The Hall–Kier alpha value is -1.20. The van der Waals surface area contributed by atoms with Crippen molar-refractivity contribution in [3.8, 4) is 5.88 Å². The van der Waals surface area contributed by atoms with Crippen LogP contribution in [0.2, 0.25) is 0 Å². The van der Waals surface area contributed by atoms with E-state index in [-0.39, 0.29) is 12.7 Å². The molecule has 0 aliphatic carbocycles. The molecule has 1 fully saturated rings. The normalized spacial score (nSPS) is 18.9. The Kier molecular flexibility index (Phi) is 4.28. The van der Waals surface area contributed by atoms with E-state index < -0.39 is 0 Å². The van der Waals surface area contributed by atoms with E-state index in [1.165, 1.54) is 0 Å². The second-order valence-electron chi connectivity index (χ2n) is 4.09. The second-order valence-corrected chi connectivity index (χ2v) is 4.09. The molecular weight excluding hydrogens is 221 g/mol. The number of halogens is 1. The molecule has 0 aromatic carbocycles. The number of pyridine rings is 1. The lowest BCUT2D eigenvalue weighted by Gasteiger charge is -2.33. The van der Waals surface area contributed by atoms with Gasteiger partial charge in [0.25, 0.3) is 0 Å². The summed E-state index contributed by atoms with van der Waals surface area (Å²) in [6.07, 6.45) is 1.70. The van der Waals surface area contributed by atoms with E-state index in [0.29, 0.717) is 5.88 Å². The van der Waals surface area contributed by atoms with Gasteiger partial charge in [0.05, 0.1) is 13.2 Å². The predicted octanol–water partition coefficient (Wildman–Crippen LogP) is 1.01. The first-order valence-corrected chi connectivity index (χ1v) is 5.86. The summed E-state index contributed by atoms with van der Waals surface area (Å²) in [5, 5.41) is 3.26. The number of hydrogen-bond donors (Lipinski definition) is 1. The summed E-state index contributed by atoms with van der Waals surface area (Å²) >= 11 is 0. The topological polar surface area (TPSA) is 37.4 Å². The summed E-state index contributed by atoms with van der Waals surface area (Å²) in [6.45, 7) is 3.20. The average molecular weight is 239 g/mol. The Morgan fingerprint density at radius 2 is 2.24 bits per heavy atom. The van der Waals surface area contributed by atoms with Crippen LogP contribution in [0, 0.1) is 0 Å². The Morgan fingerprint density at radius 3 is 2.76 bits per heavy atom. The van der Waals surface area contributed by atoms with Crippen molar-refractivity contribution >= 4 is 0 Å². The van der Waals surface area contributed by atoms with Gasteiger partial charge >= 0.3 is 0 Å². The number of nitrogens with zero attached hydrogens (tertiary/aromatic N) is 2. The molecule has 1 atom stereocenters. The second kappa shape index (κ2) is 5.93. The summed E-state index contributed by atoms with van der Waals surface area (Å²) in [7, 11) is 1.57. The maximum absolute atomic E-state index is 13.2. The molecule has 1 saturated heterocycles.